The van der Waals surface area contributed by atoms with Crippen molar-refractivity contribution in [2.24, 2.45) is 17.8 Å². The lowest BCUT2D eigenvalue weighted by Gasteiger charge is -2.41. The van der Waals surface area contributed by atoms with Crippen molar-refractivity contribution >= 4 is 58.9 Å². The van der Waals surface area contributed by atoms with Crippen LogP contribution in [0.15, 0.2) is 36.4 Å². The minimum absolute atomic E-state index is 0.0518. The molecule has 0 aromatic heterocycles. The van der Waals surface area contributed by atoms with Crippen LogP contribution in [0.1, 0.15) is 114 Å². The van der Waals surface area contributed by atoms with Gasteiger partial charge in [0, 0.05) is 67.8 Å². The van der Waals surface area contributed by atoms with E-state index in [1.807, 2.05) is 27.7 Å². The third-order valence-electron chi connectivity index (χ3n) is 14.6. The zero-order chi connectivity index (χ0) is 55.6. The first-order valence-corrected chi connectivity index (χ1v) is 25.6. The number of hydrogen-bond acceptors (Lipinski definition) is 13. The summed E-state index contributed by atoms with van der Waals surface area (Å²) in [5, 5.41) is 11.1. The van der Waals surface area contributed by atoms with E-state index in [0.29, 0.717) is 75.7 Å². The number of likely N-dealkylation sites (N-methyl/N-ethyl adjacent to an activating group) is 2. The number of nitrogens with zero attached hydrogens (tertiary/aromatic N) is 4. The van der Waals surface area contributed by atoms with E-state index in [2.05, 4.69) is 21.3 Å². The highest BCUT2D eigenvalue weighted by Gasteiger charge is 2.46. The van der Waals surface area contributed by atoms with Crippen LogP contribution in [0.5, 0.6) is 0 Å². The molecular weight excluding hydrogens is 941 g/mol. The van der Waals surface area contributed by atoms with Crippen LogP contribution in [0.3, 0.4) is 0 Å². The molecule has 73 heavy (non-hydrogen) atoms. The van der Waals surface area contributed by atoms with Crippen LogP contribution in [0, 0.1) is 17.8 Å². The Morgan fingerprint density at radius 2 is 1.59 bits per heavy atom. The number of methoxy groups -OCH3 is 3. The molecule has 3 heterocycles. The Morgan fingerprint density at radius 3 is 2.19 bits per heavy atom. The molecule has 3 aliphatic heterocycles. The number of carbonyl (C=O) groups is 9. The molecule has 0 radical (unpaired) electrons. The van der Waals surface area contributed by atoms with Crippen molar-refractivity contribution in [3.63, 3.8) is 0 Å². The van der Waals surface area contributed by atoms with Gasteiger partial charge >= 0.3 is 5.97 Å². The topological polar surface area (TPSA) is 242 Å². The number of likely N-dealkylation sites (tertiary alicyclic amines) is 2. The minimum atomic E-state index is -1.19. The van der Waals surface area contributed by atoms with E-state index in [1.54, 1.807) is 52.9 Å². The summed E-state index contributed by atoms with van der Waals surface area (Å²) < 4.78 is 33.3. The Hall–Kier alpha value is -5.73. The highest BCUT2D eigenvalue weighted by molar-refractivity contribution is 6.12. The van der Waals surface area contributed by atoms with Gasteiger partial charge in [0.1, 0.15) is 12.1 Å². The summed E-state index contributed by atoms with van der Waals surface area (Å²) in [6.07, 6.45) is 5.73. The van der Waals surface area contributed by atoms with Crippen molar-refractivity contribution in [3.05, 3.63) is 42.0 Å². The van der Waals surface area contributed by atoms with E-state index in [-0.39, 0.29) is 87.6 Å². The Balaban J connectivity index is 1.34. The number of nitrogens with one attached hydrogen (secondary N) is 4. The molecule has 0 bridgehead atoms. The van der Waals surface area contributed by atoms with Crippen molar-refractivity contribution in [1.29, 1.82) is 0 Å². The normalized spacial score (nSPS) is 21.1. The van der Waals surface area contributed by atoms with E-state index in [9.17, 15) is 43.2 Å². The first kappa shape index (κ1) is 56.6. The summed E-state index contributed by atoms with van der Waals surface area (Å²) in [4.78, 5) is 124. The number of imide groups is 1. The van der Waals surface area contributed by atoms with Crippen LogP contribution < -0.4 is 21.3 Å². The standard InChI is InChI=1S/C53H82N8O12/c1-12-34(4)47(59(8)50(68)46(33(2)3)57-52(70)53(6)26-17-27-58(53)7)40(71-9)31-45(66)60-29-16-18-39(60)48(72-10)35(5)49(67)56-38(51(69)73-11)30-36-20-22-37(23-21-36)55-42(63)32-54-41(62)19-14-13-15-28-61-43(64)24-25-44(61)65/h20-25,33-35,38-40,46-48H,12-19,26-32H2,1-11H3,(H,54,62)(H,55,63)(H,56,67)(H,57,70)/t34-,35+,38-,39-,40+,46-,47-,48+,53-/m0/s1/i6D,7D. The Kier molecular flexibility index (Phi) is 21.8. The minimum Gasteiger partial charge on any atom is -0.467 e. The van der Waals surface area contributed by atoms with Crippen LogP contribution in [0.4, 0.5) is 5.69 Å². The van der Waals surface area contributed by atoms with E-state index in [1.165, 1.54) is 33.5 Å². The van der Waals surface area contributed by atoms with Crippen LogP contribution in [-0.2, 0) is 63.8 Å². The highest BCUT2D eigenvalue weighted by atomic mass is 16.5. The van der Waals surface area contributed by atoms with Gasteiger partial charge in [0.25, 0.3) is 11.8 Å². The van der Waals surface area contributed by atoms with Gasteiger partial charge in [-0.25, -0.2) is 4.79 Å². The maximum Gasteiger partial charge on any atom is 0.328 e. The van der Waals surface area contributed by atoms with E-state index in [0.717, 1.165) is 4.90 Å². The number of hydrogen-bond donors (Lipinski definition) is 4. The van der Waals surface area contributed by atoms with Gasteiger partial charge in [-0.1, -0.05) is 59.6 Å². The average Bonchev–Trinajstić information content (AvgIpc) is 4.15. The number of anilines is 1. The lowest BCUT2D eigenvalue weighted by Crippen LogP contribution is -2.61. The number of esters is 1. The number of unbranched alkanes of at least 4 members (excludes halogenated alkanes) is 2. The Bertz CT molecular complexity index is 2170. The summed E-state index contributed by atoms with van der Waals surface area (Å²) >= 11 is 0. The predicted molar refractivity (Wildman–Crippen MR) is 273 cm³/mol. The third-order valence-corrected chi connectivity index (χ3v) is 14.6. The monoisotopic (exact) mass is 1020 g/mol. The molecule has 20 nitrogen and oxygen atoms in total. The third kappa shape index (κ3) is 15.9. The first-order chi connectivity index (χ1) is 35.7. The smallest absolute Gasteiger partial charge is 0.328 e. The predicted octanol–water partition coefficient (Wildman–Crippen LogP) is 2.97. The number of carbonyl (C=O) groups excluding carboxylic acids is 9. The number of amides is 8. The van der Waals surface area contributed by atoms with Crippen molar-refractivity contribution in [1.82, 2.24) is 35.6 Å². The Morgan fingerprint density at radius 1 is 0.890 bits per heavy atom. The molecule has 4 N–H and O–H groups in total. The van der Waals surface area contributed by atoms with Crippen LogP contribution >= 0.6 is 0 Å². The Labute approximate surface area is 434 Å². The molecule has 2 fully saturated rings. The fraction of sp³-hybridized carbons (Fsp3) is 0.679. The number of ether oxygens (including phenoxy) is 3. The molecule has 1 aromatic rings. The van der Waals surface area contributed by atoms with Gasteiger partial charge in [0.15, 0.2) is 0 Å². The summed E-state index contributed by atoms with van der Waals surface area (Å²) in [5.41, 5.74) is -0.101. The van der Waals surface area contributed by atoms with Crippen LogP contribution in [0.25, 0.3) is 0 Å². The van der Waals surface area contributed by atoms with Gasteiger partial charge in [-0.15, -0.1) is 0 Å². The lowest BCUT2D eigenvalue weighted by molar-refractivity contribution is -0.149. The summed E-state index contributed by atoms with van der Waals surface area (Å²) in [5.74, 6) is -4.96. The van der Waals surface area contributed by atoms with Gasteiger partial charge in [0.05, 0.1) is 55.8 Å². The fourth-order valence-corrected chi connectivity index (χ4v) is 9.96. The van der Waals surface area contributed by atoms with Crippen LogP contribution in [-0.4, -0.2) is 176 Å². The second kappa shape index (κ2) is 28.1. The van der Waals surface area contributed by atoms with Gasteiger partial charge in [-0.3, -0.25) is 48.2 Å². The molecule has 0 spiro atoms. The summed E-state index contributed by atoms with van der Waals surface area (Å²) in [7, 11) is 5.72. The number of rotatable bonds is 28. The average molecular weight is 1030 g/mol. The molecule has 2 saturated heterocycles. The molecular formula is C53H82N8O12. The molecule has 0 aliphatic carbocycles. The molecule has 3 aliphatic rings. The molecule has 0 unspecified atom stereocenters. The summed E-state index contributed by atoms with van der Waals surface area (Å²) in [6.45, 7) is 10.0. The quantitative estimate of drug-likeness (QED) is 0.0537. The van der Waals surface area contributed by atoms with Gasteiger partial charge in [-0.2, -0.15) is 0 Å². The SMILES string of the molecule is [2H]CN1CCC[C@@]1(C[2H])C(=O)N[C@H](C(=O)N(C)[C@@H]([C@@H](C)CC)[C@@H](CC(=O)N1CCC[C@H]1[C@H](OC)[C@@H](C)C(=O)N[C@@H](Cc1ccc(NC(=O)CNC(=O)CCCCCN2C(=O)C=CC2=O)cc1)C(=O)OC)OC)C(C)C. The molecule has 4 rings (SSSR count). The summed E-state index contributed by atoms with van der Waals surface area (Å²) in [6, 6.07) is 3.52. The van der Waals surface area contributed by atoms with Crippen LogP contribution in [0.2, 0.25) is 0 Å². The molecule has 8 amide bonds. The molecule has 406 valence electrons. The van der Waals surface area contributed by atoms with Gasteiger partial charge in [-0.05, 0) is 88.5 Å². The zero-order valence-corrected chi connectivity index (χ0v) is 44.4. The second-order valence-electron chi connectivity index (χ2n) is 20.0. The van der Waals surface area contributed by atoms with Crippen molar-refractivity contribution in [3.8, 4) is 0 Å². The van der Waals surface area contributed by atoms with Gasteiger partial charge < -0.3 is 45.3 Å². The van der Waals surface area contributed by atoms with Crippen molar-refractivity contribution in [2.45, 2.75) is 154 Å². The van der Waals surface area contributed by atoms with E-state index in [4.69, 9.17) is 17.0 Å². The highest BCUT2D eigenvalue weighted by Crippen LogP contribution is 2.31. The second-order valence-corrected chi connectivity index (χ2v) is 20.0. The molecule has 0 saturated carbocycles. The number of benzene rings is 1. The molecule has 1 aromatic carbocycles. The van der Waals surface area contributed by atoms with Gasteiger partial charge in [0.2, 0.25) is 35.4 Å². The van der Waals surface area contributed by atoms with E-state index >= 15 is 0 Å². The zero-order valence-electron chi connectivity index (χ0n) is 46.4. The maximum atomic E-state index is 14.5. The maximum absolute atomic E-state index is 14.5. The van der Waals surface area contributed by atoms with E-state index < -0.39 is 71.5 Å². The largest absolute Gasteiger partial charge is 0.467 e. The fourth-order valence-electron chi connectivity index (χ4n) is 9.96. The van der Waals surface area contributed by atoms with Crippen molar-refractivity contribution < 1.29 is 60.1 Å². The lowest BCUT2D eigenvalue weighted by atomic mass is 9.89. The molecule has 9 atom stereocenters. The first-order valence-electron chi connectivity index (χ1n) is 27.0. The molecule has 20 heteroatoms. The van der Waals surface area contributed by atoms with Crippen molar-refractivity contribution in [2.75, 3.05) is 66.9 Å².